The van der Waals surface area contributed by atoms with Crippen LogP contribution in [0.15, 0.2) is 30.3 Å². The van der Waals surface area contributed by atoms with Gasteiger partial charge in [0, 0.05) is 12.1 Å². The molecule has 1 aliphatic heterocycles. The maximum Gasteiger partial charge on any atom is 0.205 e. The molecule has 4 N–H and O–H groups in total. The van der Waals surface area contributed by atoms with Crippen molar-refractivity contribution in [3.05, 3.63) is 47.0 Å². The summed E-state index contributed by atoms with van der Waals surface area (Å²) in [6.45, 7) is 2.99. The van der Waals surface area contributed by atoms with E-state index in [1.807, 2.05) is 0 Å². The van der Waals surface area contributed by atoms with Crippen molar-refractivity contribution in [1.29, 1.82) is 0 Å². The molecule has 0 saturated heterocycles. The van der Waals surface area contributed by atoms with Gasteiger partial charge in [-0.2, -0.15) is 0 Å². The maximum absolute atomic E-state index is 12.6. The molecule has 2 atom stereocenters. The van der Waals surface area contributed by atoms with Crippen LogP contribution in [0.25, 0.3) is 0 Å². The van der Waals surface area contributed by atoms with Gasteiger partial charge in [0.25, 0.3) is 0 Å². The van der Waals surface area contributed by atoms with E-state index in [1.165, 1.54) is 19.1 Å². The molecule has 2 aromatic carbocycles. The SMILES string of the molecule is Cc1cc(C2Oc3cc(O)cc(O)c3C(=O)C2(C)O)ccc1O. The second-order valence-electron chi connectivity index (χ2n) is 5.86. The summed E-state index contributed by atoms with van der Waals surface area (Å²) < 4.78 is 5.69. The topological polar surface area (TPSA) is 107 Å². The molecule has 1 heterocycles. The Morgan fingerprint density at radius 2 is 1.78 bits per heavy atom. The van der Waals surface area contributed by atoms with Gasteiger partial charge in [0.05, 0.1) is 0 Å². The lowest BCUT2D eigenvalue weighted by Crippen LogP contribution is -2.47. The molecule has 6 heteroatoms. The van der Waals surface area contributed by atoms with E-state index in [0.29, 0.717) is 11.1 Å². The lowest BCUT2D eigenvalue weighted by molar-refractivity contribution is -0.0383. The zero-order valence-corrected chi connectivity index (χ0v) is 12.6. The van der Waals surface area contributed by atoms with Crippen molar-refractivity contribution in [3.63, 3.8) is 0 Å². The normalized spacial score (nSPS) is 23.3. The van der Waals surface area contributed by atoms with Crippen LogP contribution in [0.3, 0.4) is 0 Å². The molecule has 0 spiro atoms. The Morgan fingerprint density at radius 3 is 2.43 bits per heavy atom. The molecule has 2 aromatic rings. The quantitative estimate of drug-likeness (QED) is 0.642. The Balaban J connectivity index is 2.16. The number of hydrogen-bond donors (Lipinski definition) is 4. The van der Waals surface area contributed by atoms with E-state index in [2.05, 4.69) is 0 Å². The van der Waals surface area contributed by atoms with Gasteiger partial charge in [-0.3, -0.25) is 4.79 Å². The van der Waals surface area contributed by atoms with Crippen LogP contribution in [-0.4, -0.2) is 31.8 Å². The minimum absolute atomic E-state index is 0.00486. The number of Topliss-reactive ketones (excluding diaryl/α,β-unsaturated/α-hetero) is 1. The lowest BCUT2D eigenvalue weighted by atomic mass is 9.82. The third-order valence-corrected chi connectivity index (χ3v) is 4.03. The molecular formula is C17H16O6. The highest BCUT2D eigenvalue weighted by atomic mass is 16.5. The molecule has 2 unspecified atom stereocenters. The van der Waals surface area contributed by atoms with Gasteiger partial charge in [-0.1, -0.05) is 6.07 Å². The number of benzene rings is 2. The van der Waals surface area contributed by atoms with E-state index in [9.17, 15) is 25.2 Å². The van der Waals surface area contributed by atoms with Crippen molar-refractivity contribution in [1.82, 2.24) is 0 Å². The second-order valence-corrected chi connectivity index (χ2v) is 5.86. The number of phenolic OH excluding ortho intramolecular Hbond substituents is 3. The Morgan fingerprint density at radius 1 is 1.09 bits per heavy atom. The van der Waals surface area contributed by atoms with Crippen LogP contribution in [0, 0.1) is 6.92 Å². The third kappa shape index (κ3) is 2.27. The van der Waals surface area contributed by atoms with Crippen LogP contribution in [0.4, 0.5) is 0 Å². The van der Waals surface area contributed by atoms with Crippen LogP contribution < -0.4 is 4.74 Å². The van der Waals surface area contributed by atoms with Gasteiger partial charge < -0.3 is 25.2 Å². The van der Waals surface area contributed by atoms with Crippen LogP contribution in [0.5, 0.6) is 23.0 Å². The molecule has 23 heavy (non-hydrogen) atoms. The number of aromatic hydroxyl groups is 3. The molecular weight excluding hydrogens is 300 g/mol. The molecule has 0 fully saturated rings. The molecule has 3 rings (SSSR count). The van der Waals surface area contributed by atoms with Crippen molar-refractivity contribution in [2.24, 2.45) is 0 Å². The van der Waals surface area contributed by atoms with E-state index < -0.39 is 23.2 Å². The number of ether oxygens (including phenoxy) is 1. The summed E-state index contributed by atoms with van der Waals surface area (Å²) in [4.78, 5) is 12.6. The number of aliphatic hydroxyl groups is 1. The number of hydrogen-bond acceptors (Lipinski definition) is 6. The zero-order valence-electron chi connectivity index (χ0n) is 12.6. The van der Waals surface area contributed by atoms with Gasteiger partial charge >= 0.3 is 0 Å². The van der Waals surface area contributed by atoms with Crippen LogP contribution in [0.2, 0.25) is 0 Å². The third-order valence-electron chi connectivity index (χ3n) is 4.03. The fraction of sp³-hybridized carbons (Fsp3) is 0.235. The Hall–Kier alpha value is -2.73. The summed E-state index contributed by atoms with van der Waals surface area (Å²) in [5.41, 5.74) is -1.02. The van der Waals surface area contributed by atoms with E-state index in [0.717, 1.165) is 6.07 Å². The van der Waals surface area contributed by atoms with Crippen molar-refractivity contribution in [2.75, 3.05) is 0 Å². The summed E-state index contributed by atoms with van der Waals surface area (Å²) in [6.07, 6.45) is -1.04. The minimum atomic E-state index is -1.91. The van der Waals surface area contributed by atoms with Gasteiger partial charge in [-0.05, 0) is 37.1 Å². The molecule has 1 aliphatic rings. The number of phenols is 3. The minimum Gasteiger partial charge on any atom is -0.508 e. The predicted molar refractivity (Wildman–Crippen MR) is 80.9 cm³/mol. The summed E-state index contributed by atoms with van der Waals surface area (Å²) in [6, 6.07) is 6.82. The zero-order chi connectivity index (χ0) is 16.9. The number of rotatable bonds is 1. The highest BCUT2D eigenvalue weighted by molar-refractivity contribution is 6.08. The molecule has 0 amide bonds. The first kappa shape index (κ1) is 15.2. The van der Waals surface area contributed by atoms with Gasteiger partial charge in [0.2, 0.25) is 5.78 Å². The summed E-state index contributed by atoms with van der Waals surface area (Å²) in [5, 5.41) is 39.7. The van der Waals surface area contributed by atoms with Gasteiger partial charge in [-0.25, -0.2) is 0 Å². The average Bonchev–Trinajstić information content (AvgIpc) is 2.45. The van der Waals surface area contributed by atoms with E-state index in [1.54, 1.807) is 19.1 Å². The van der Waals surface area contributed by atoms with E-state index >= 15 is 0 Å². The highest BCUT2D eigenvalue weighted by Gasteiger charge is 2.48. The summed E-state index contributed by atoms with van der Waals surface area (Å²) >= 11 is 0. The number of fused-ring (bicyclic) bond motifs is 1. The average molecular weight is 316 g/mol. The molecule has 6 nitrogen and oxygen atoms in total. The Labute approximate surface area is 132 Å². The summed E-state index contributed by atoms with van der Waals surface area (Å²) in [7, 11) is 0. The number of carbonyl (C=O) groups excluding carboxylic acids is 1. The van der Waals surface area contributed by atoms with Gasteiger partial charge in [0.1, 0.15) is 28.6 Å². The van der Waals surface area contributed by atoms with Crippen LogP contribution in [-0.2, 0) is 0 Å². The van der Waals surface area contributed by atoms with Gasteiger partial charge in [-0.15, -0.1) is 0 Å². The van der Waals surface area contributed by atoms with Crippen molar-refractivity contribution in [3.8, 4) is 23.0 Å². The molecule has 0 saturated carbocycles. The number of carbonyl (C=O) groups is 1. The summed E-state index contributed by atoms with van der Waals surface area (Å²) in [5.74, 6) is -1.32. The maximum atomic E-state index is 12.6. The Bertz CT molecular complexity index is 809. The molecule has 0 radical (unpaired) electrons. The first-order valence-electron chi connectivity index (χ1n) is 7.01. The van der Waals surface area contributed by atoms with Gasteiger partial charge in [0.15, 0.2) is 11.7 Å². The smallest absolute Gasteiger partial charge is 0.205 e. The fourth-order valence-electron chi connectivity index (χ4n) is 2.76. The van der Waals surface area contributed by atoms with Crippen molar-refractivity contribution < 1.29 is 30.0 Å². The Kier molecular flexibility index (Phi) is 3.23. The molecule has 120 valence electrons. The fourth-order valence-corrected chi connectivity index (χ4v) is 2.76. The molecule has 0 aromatic heterocycles. The molecule has 0 aliphatic carbocycles. The molecule has 0 bridgehead atoms. The largest absolute Gasteiger partial charge is 0.508 e. The van der Waals surface area contributed by atoms with Crippen LogP contribution in [0.1, 0.15) is 34.5 Å². The standard InChI is InChI=1S/C17H16O6/c1-8-5-9(3-4-11(8)19)16-17(2,22)15(21)14-12(20)6-10(18)7-13(14)23-16/h3-7,16,18-20,22H,1-2H3. The van der Waals surface area contributed by atoms with E-state index in [-0.39, 0.29) is 22.8 Å². The first-order chi connectivity index (χ1) is 10.7. The monoisotopic (exact) mass is 316 g/mol. The predicted octanol–water partition coefficient (Wildman–Crippen LogP) is 2.18. The number of aryl methyl sites for hydroxylation is 1. The van der Waals surface area contributed by atoms with Crippen molar-refractivity contribution in [2.45, 2.75) is 25.6 Å². The second kappa shape index (κ2) is 4.89. The highest BCUT2D eigenvalue weighted by Crippen LogP contribution is 2.46. The van der Waals surface area contributed by atoms with Crippen molar-refractivity contribution >= 4 is 5.78 Å². The lowest BCUT2D eigenvalue weighted by Gasteiger charge is -2.37. The number of ketones is 1. The van der Waals surface area contributed by atoms with E-state index in [4.69, 9.17) is 4.74 Å². The van der Waals surface area contributed by atoms with Crippen LogP contribution >= 0.6 is 0 Å². The first-order valence-corrected chi connectivity index (χ1v) is 7.01.